The third-order valence-corrected chi connectivity index (χ3v) is 5.55. The number of hydrogen-bond acceptors (Lipinski definition) is 4. The number of aromatic nitrogens is 2. The standard InChI is InChI=1S/C24H27N3O3/c1-3-5-8-14-30-17-11-9-10-16(15-17)23-20-21(18-12-6-7-13-19(18)28)25-26-22(20)24(29)27(23)4-2/h6-7,9-13,15,23,28H,3-5,8,14H2,1-2H3,(H,25,26). The van der Waals surface area contributed by atoms with Gasteiger partial charge in [-0.1, -0.05) is 44.0 Å². The van der Waals surface area contributed by atoms with Gasteiger partial charge < -0.3 is 14.7 Å². The van der Waals surface area contributed by atoms with E-state index in [2.05, 4.69) is 17.1 Å². The highest BCUT2D eigenvalue weighted by Crippen LogP contribution is 2.44. The number of aromatic hydroxyl groups is 1. The molecule has 1 aromatic heterocycles. The third kappa shape index (κ3) is 3.54. The number of para-hydroxylation sites is 1. The van der Waals surface area contributed by atoms with E-state index in [1.54, 1.807) is 12.1 Å². The van der Waals surface area contributed by atoms with Crippen LogP contribution >= 0.6 is 0 Å². The molecular formula is C24H27N3O3. The van der Waals surface area contributed by atoms with E-state index >= 15 is 0 Å². The minimum absolute atomic E-state index is 0.0825. The molecule has 0 fully saturated rings. The first-order valence-electron chi connectivity index (χ1n) is 10.6. The first-order valence-corrected chi connectivity index (χ1v) is 10.6. The van der Waals surface area contributed by atoms with E-state index in [1.807, 2.05) is 48.2 Å². The molecule has 0 bridgehead atoms. The summed E-state index contributed by atoms with van der Waals surface area (Å²) in [7, 11) is 0. The van der Waals surface area contributed by atoms with Gasteiger partial charge in [0.05, 0.1) is 12.6 Å². The molecule has 0 saturated heterocycles. The van der Waals surface area contributed by atoms with Crippen molar-refractivity contribution >= 4 is 5.91 Å². The molecule has 2 N–H and O–H groups in total. The zero-order valence-electron chi connectivity index (χ0n) is 17.4. The third-order valence-electron chi connectivity index (χ3n) is 5.55. The fourth-order valence-corrected chi connectivity index (χ4v) is 4.07. The van der Waals surface area contributed by atoms with Gasteiger partial charge in [0, 0.05) is 17.7 Å². The zero-order chi connectivity index (χ0) is 21.1. The number of amides is 1. The Bertz CT molecular complexity index is 1040. The molecular weight excluding hydrogens is 378 g/mol. The van der Waals surface area contributed by atoms with Gasteiger partial charge in [0.1, 0.15) is 22.9 Å². The Morgan fingerprint density at radius 1 is 1.13 bits per heavy atom. The molecule has 3 aromatic rings. The monoisotopic (exact) mass is 405 g/mol. The highest BCUT2D eigenvalue weighted by Gasteiger charge is 2.41. The van der Waals surface area contributed by atoms with Crippen LogP contribution in [0.5, 0.6) is 11.5 Å². The van der Waals surface area contributed by atoms with Crippen molar-refractivity contribution in [1.29, 1.82) is 0 Å². The predicted octanol–water partition coefficient (Wildman–Crippen LogP) is 4.92. The van der Waals surface area contributed by atoms with Gasteiger partial charge in [0.15, 0.2) is 0 Å². The second-order valence-electron chi connectivity index (χ2n) is 7.50. The van der Waals surface area contributed by atoms with Crippen molar-refractivity contribution in [3.8, 4) is 22.8 Å². The summed E-state index contributed by atoms with van der Waals surface area (Å²) >= 11 is 0. The van der Waals surface area contributed by atoms with Crippen LogP contribution in [0.15, 0.2) is 48.5 Å². The van der Waals surface area contributed by atoms with Crippen molar-refractivity contribution < 1.29 is 14.6 Å². The van der Waals surface area contributed by atoms with Crippen molar-refractivity contribution in [3.63, 3.8) is 0 Å². The van der Waals surface area contributed by atoms with Gasteiger partial charge in [-0.05, 0) is 43.2 Å². The number of fused-ring (bicyclic) bond motifs is 1. The highest BCUT2D eigenvalue weighted by molar-refractivity contribution is 6.00. The lowest BCUT2D eigenvalue weighted by Gasteiger charge is -2.25. The van der Waals surface area contributed by atoms with Crippen molar-refractivity contribution in [2.75, 3.05) is 13.2 Å². The maximum Gasteiger partial charge on any atom is 0.273 e. The number of aromatic amines is 1. The van der Waals surface area contributed by atoms with E-state index in [9.17, 15) is 9.90 Å². The zero-order valence-corrected chi connectivity index (χ0v) is 17.4. The molecule has 1 aliphatic rings. The fourth-order valence-electron chi connectivity index (χ4n) is 4.07. The van der Waals surface area contributed by atoms with E-state index in [-0.39, 0.29) is 17.7 Å². The Labute approximate surface area is 176 Å². The lowest BCUT2D eigenvalue weighted by Crippen LogP contribution is -2.29. The molecule has 0 aliphatic carbocycles. The number of unbranched alkanes of at least 4 members (excludes halogenated alkanes) is 2. The van der Waals surface area contributed by atoms with Crippen LogP contribution < -0.4 is 4.74 Å². The molecule has 0 radical (unpaired) electrons. The molecule has 2 aromatic carbocycles. The van der Waals surface area contributed by atoms with Gasteiger partial charge in [-0.2, -0.15) is 5.10 Å². The predicted molar refractivity (Wildman–Crippen MR) is 116 cm³/mol. The maximum atomic E-state index is 13.0. The summed E-state index contributed by atoms with van der Waals surface area (Å²) in [5.41, 5.74) is 3.46. The van der Waals surface area contributed by atoms with Crippen LogP contribution in [0.4, 0.5) is 0 Å². The molecule has 0 saturated carbocycles. The highest BCUT2D eigenvalue weighted by atomic mass is 16.5. The summed E-state index contributed by atoms with van der Waals surface area (Å²) in [6.07, 6.45) is 3.31. The largest absolute Gasteiger partial charge is 0.507 e. The minimum Gasteiger partial charge on any atom is -0.507 e. The lowest BCUT2D eigenvalue weighted by atomic mass is 9.95. The molecule has 2 heterocycles. The molecule has 1 atom stereocenters. The number of phenolic OH excluding ortho intramolecular Hbond substituents is 1. The first-order chi connectivity index (χ1) is 14.7. The second kappa shape index (κ2) is 8.61. The van der Waals surface area contributed by atoms with Crippen LogP contribution in [0.25, 0.3) is 11.3 Å². The topological polar surface area (TPSA) is 78.5 Å². The van der Waals surface area contributed by atoms with Crippen LogP contribution in [0, 0.1) is 0 Å². The van der Waals surface area contributed by atoms with Crippen molar-refractivity contribution in [2.45, 2.75) is 39.2 Å². The van der Waals surface area contributed by atoms with Crippen LogP contribution in [-0.2, 0) is 0 Å². The molecule has 1 aliphatic heterocycles. The summed E-state index contributed by atoms with van der Waals surface area (Å²) in [5, 5.41) is 17.7. The maximum absolute atomic E-state index is 13.0. The number of phenols is 1. The summed E-state index contributed by atoms with van der Waals surface area (Å²) in [6.45, 7) is 5.38. The average molecular weight is 405 g/mol. The van der Waals surface area contributed by atoms with Gasteiger partial charge in [-0.25, -0.2) is 0 Å². The Hall–Kier alpha value is -3.28. The number of rotatable bonds is 8. The number of hydrogen-bond donors (Lipinski definition) is 2. The van der Waals surface area contributed by atoms with Crippen LogP contribution in [-0.4, -0.2) is 39.3 Å². The quantitative estimate of drug-likeness (QED) is 0.522. The van der Waals surface area contributed by atoms with Gasteiger partial charge >= 0.3 is 0 Å². The number of ether oxygens (including phenoxy) is 1. The van der Waals surface area contributed by atoms with Crippen molar-refractivity contribution in [3.05, 3.63) is 65.4 Å². The molecule has 1 unspecified atom stereocenters. The number of benzene rings is 2. The number of H-pyrrole nitrogens is 1. The van der Waals surface area contributed by atoms with Crippen LogP contribution in [0.3, 0.4) is 0 Å². The smallest absolute Gasteiger partial charge is 0.273 e. The summed E-state index contributed by atoms with van der Waals surface area (Å²) in [4.78, 5) is 14.9. The van der Waals surface area contributed by atoms with E-state index in [1.165, 1.54) is 0 Å². The summed E-state index contributed by atoms with van der Waals surface area (Å²) in [5.74, 6) is 0.857. The summed E-state index contributed by atoms with van der Waals surface area (Å²) in [6, 6.07) is 14.7. The normalized spacial score (nSPS) is 15.5. The minimum atomic E-state index is -0.287. The van der Waals surface area contributed by atoms with Gasteiger partial charge in [-0.15, -0.1) is 0 Å². The summed E-state index contributed by atoms with van der Waals surface area (Å²) < 4.78 is 5.94. The number of carbonyl (C=O) groups is 1. The SMILES string of the molecule is CCCCCOc1cccc(C2c3c(-c4ccccc4O)n[nH]c3C(=O)N2CC)c1. The van der Waals surface area contributed by atoms with Gasteiger partial charge in [0.2, 0.25) is 0 Å². The molecule has 156 valence electrons. The Kier molecular flexibility index (Phi) is 5.74. The molecule has 4 rings (SSSR count). The van der Waals surface area contributed by atoms with Crippen molar-refractivity contribution in [1.82, 2.24) is 15.1 Å². The molecule has 6 heteroatoms. The molecule has 6 nitrogen and oxygen atoms in total. The number of nitrogens with one attached hydrogen (secondary N) is 1. The van der Waals surface area contributed by atoms with Crippen LogP contribution in [0.2, 0.25) is 0 Å². The molecule has 30 heavy (non-hydrogen) atoms. The average Bonchev–Trinajstić information content (AvgIpc) is 3.30. The Morgan fingerprint density at radius 3 is 2.73 bits per heavy atom. The van der Waals surface area contributed by atoms with Gasteiger partial charge in [0.25, 0.3) is 5.91 Å². The van der Waals surface area contributed by atoms with Crippen molar-refractivity contribution in [2.24, 2.45) is 0 Å². The number of carbonyl (C=O) groups excluding carboxylic acids is 1. The van der Waals surface area contributed by atoms with E-state index in [0.29, 0.717) is 30.1 Å². The van der Waals surface area contributed by atoms with E-state index in [4.69, 9.17) is 4.74 Å². The fraction of sp³-hybridized carbons (Fsp3) is 0.333. The van der Waals surface area contributed by atoms with E-state index in [0.717, 1.165) is 36.1 Å². The van der Waals surface area contributed by atoms with Gasteiger partial charge in [-0.3, -0.25) is 9.89 Å². The molecule has 0 spiro atoms. The number of nitrogens with zero attached hydrogens (tertiary/aromatic N) is 2. The molecule has 1 amide bonds. The van der Waals surface area contributed by atoms with Crippen LogP contribution in [0.1, 0.15) is 60.8 Å². The first kappa shape index (κ1) is 20.0. The Balaban J connectivity index is 1.74. The lowest BCUT2D eigenvalue weighted by molar-refractivity contribution is 0.0753. The second-order valence-corrected chi connectivity index (χ2v) is 7.50. The Morgan fingerprint density at radius 2 is 1.97 bits per heavy atom. The van der Waals surface area contributed by atoms with E-state index < -0.39 is 0 Å².